The van der Waals surface area contributed by atoms with Crippen LogP contribution in [0.25, 0.3) is 0 Å². The molecule has 2 aromatic rings. The summed E-state index contributed by atoms with van der Waals surface area (Å²) < 4.78 is 5.11. The molecule has 1 heterocycles. The summed E-state index contributed by atoms with van der Waals surface area (Å²) in [7, 11) is 1.56. The van der Waals surface area contributed by atoms with Gasteiger partial charge < -0.3 is 15.2 Å². The number of nitrogens with one attached hydrogen (secondary N) is 1. The number of rotatable bonds is 6. The number of anilines is 1. The Kier molecular flexibility index (Phi) is 4.41. The molecule has 2 N–H and O–H groups in total. The highest BCUT2D eigenvalue weighted by Crippen LogP contribution is 2.22. The number of carbonyl (C=O) groups is 1. The molecule has 1 aromatic heterocycles. The minimum absolute atomic E-state index is 0.256. The molecule has 0 bridgehead atoms. The van der Waals surface area contributed by atoms with Crippen molar-refractivity contribution in [3.05, 3.63) is 46.2 Å². The Bertz CT molecular complexity index is 552. The van der Waals surface area contributed by atoms with Crippen LogP contribution in [-0.4, -0.2) is 24.7 Å². The van der Waals surface area contributed by atoms with Gasteiger partial charge in [0.1, 0.15) is 5.75 Å². The minimum atomic E-state index is -0.944. The third-order valence-corrected chi connectivity index (χ3v) is 3.50. The molecule has 0 saturated carbocycles. The average molecular weight is 277 g/mol. The van der Waals surface area contributed by atoms with Crippen LogP contribution in [0.5, 0.6) is 5.75 Å². The normalized spacial score (nSPS) is 10.2. The van der Waals surface area contributed by atoms with E-state index in [1.165, 1.54) is 5.56 Å². The first-order valence-electron chi connectivity index (χ1n) is 5.87. The van der Waals surface area contributed by atoms with Gasteiger partial charge in [-0.3, -0.25) is 0 Å². The number of ether oxygens (including phenoxy) is 1. The molecule has 0 aliphatic heterocycles. The third-order valence-electron chi connectivity index (χ3n) is 2.77. The maximum absolute atomic E-state index is 11.1. The van der Waals surface area contributed by atoms with Crippen molar-refractivity contribution in [2.75, 3.05) is 19.0 Å². The second-order valence-corrected chi connectivity index (χ2v) is 4.81. The van der Waals surface area contributed by atoms with E-state index in [9.17, 15) is 4.79 Å². The zero-order valence-electron chi connectivity index (χ0n) is 10.6. The summed E-state index contributed by atoms with van der Waals surface area (Å²) in [6, 6.07) is 6.97. The van der Waals surface area contributed by atoms with E-state index in [2.05, 4.69) is 16.8 Å². The number of methoxy groups -OCH3 is 1. The largest absolute Gasteiger partial charge is 0.497 e. The fraction of sp³-hybridized carbons (Fsp3) is 0.214. The molecule has 19 heavy (non-hydrogen) atoms. The summed E-state index contributed by atoms with van der Waals surface area (Å²) in [5.41, 5.74) is 2.09. The zero-order chi connectivity index (χ0) is 13.7. The second kappa shape index (κ2) is 6.24. The molecule has 4 nitrogen and oxygen atoms in total. The fourth-order valence-corrected chi connectivity index (χ4v) is 2.46. The molecule has 0 unspecified atom stereocenters. The van der Waals surface area contributed by atoms with Gasteiger partial charge in [-0.25, -0.2) is 4.79 Å². The highest BCUT2D eigenvalue weighted by Gasteiger charge is 2.10. The molecule has 2 rings (SSSR count). The molecule has 100 valence electrons. The standard InChI is InChI=1S/C14H15NO3S/c1-18-11-2-3-12(14(16)17)13(8-11)15-6-4-10-5-7-19-9-10/h2-3,5,7-9,15H,4,6H2,1H3,(H,16,17). The van der Waals surface area contributed by atoms with Gasteiger partial charge in [0.05, 0.1) is 18.4 Å². The molecule has 0 aliphatic rings. The van der Waals surface area contributed by atoms with E-state index in [0.717, 1.165) is 6.42 Å². The van der Waals surface area contributed by atoms with Crippen molar-refractivity contribution in [2.45, 2.75) is 6.42 Å². The van der Waals surface area contributed by atoms with Crippen molar-refractivity contribution in [3.8, 4) is 5.75 Å². The van der Waals surface area contributed by atoms with Gasteiger partial charge in [0.25, 0.3) is 0 Å². The van der Waals surface area contributed by atoms with Gasteiger partial charge in [-0.1, -0.05) is 0 Å². The first-order valence-corrected chi connectivity index (χ1v) is 6.81. The van der Waals surface area contributed by atoms with Crippen LogP contribution < -0.4 is 10.1 Å². The first-order chi connectivity index (χ1) is 9.20. The third kappa shape index (κ3) is 3.48. The predicted molar refractivity (Wildman–Crippen MR) is 76.5 cm³/mol. The lowest BCUT2D eigenvalue weighted by atomic mass is 10.1. The minimum Gasteiger partial charge on any atom is -0.497 e. The van der Waals surface area contributed by atoms with Crippen LogP contribution in [0, 0.1) is 0 Å². The van der Waals surface area contributed by atoms with E-state index in [4.69, 9.17) is 9.84 Å². The van der Waals surface area contributed by atoms with Gasteiger partial charge in [0, 0.05) is 12.6 Å². The molecule has 0 aliphatic carbocycles. The summed E-state index contributed by atoms with van der Waals surface area (Å²) in [6.45, 7) is 0.685. The molecular weight excluding hydrogens is 262 g/mol. The number of carboxylic acids is 1. The number of hydrogen-bond acceptors (Lipinski definition) is 4. The Morgan fingerprint density at radius 3 is 2.89 bits per heavy atom. The van der Waals surface area contributed by atoms with Gasteiger partial charge in [-0.05, 0) is 40.9 Å². The number of thiophene rings is 1. The number of aromatic carboxylic acids is 1. The Morgan fingerprint density at radius 2 is 2.26 bits per heavy atom. The van der Waals surface area contributed by atoms with Crippen molar-refractivity contribution >= 4 is 23.0 Å². The molecule has 0 fully saturated rings. The van der Waals surface area contributed by atoms with E-state index in [1.807, 2.05) is 5.38 Å². The first kappa shape index (κ1) is 13.4. The summed E-state index contributed by atoms with van der Waals surface area (Å²) in [5.74, 6) is -0.302. The molecule has 0 atom stereocenters. The number of hydrogen-bond donors (Lipinski definition) is 2. The number of carboxylic acid groups (broad SMARTS) is 1. The monoisotopic (exact) mass is 277 g/mol. The van der Waals surface area contributed by atoms with Crippen LogP contribution in [0.2, 0.25) is 0 Å². The van der Waals surface area contributed by atoms with Crippen LogP contribution in [-0.2, 0) is 6.42 Å². The highest BCUT2D eigenvalue weighted by atomic mass is 32.1. The van der Waals surface area contributed by atoms with Crippen LogP contribution >= 0.6 is 11.3 Å². The quantitative estimate of drug-likeness (QED) is 0.851. The lowest BCUT2D eigenvalue weighted by molar-refractivity contribution is 0.0698. The molecule has 1 aromatic carbocycles. The van der Waals surface area contributed by atoms with E-state index in [0.29, 0.717) is 18.0 Å². The number of benzene rings is 1. The molecular formula is C14H15NO3S. The predicted octanol–water partition coefficient (Wildman–Crippen LogP) is 3.11. The topological polar surface area (TPSA) is 58.6 Å². The molecule has 0 spiro atoms. The highest BCUT2D eigenvalue weighted by molar-refractivity contribution is 7.07. The van der Waals surface area contributed by atoms with Crippen molar-refractivity contribution in [2.24, 2.45) is 0 Å². The Balaban J connectivity index is 2.06. The smallest absolute Gasteiger partial charge is 0.337 e. The van der Waals surface area contributed by atoms with Crippen LogP contribution in [0.4, 0.5) is 5.69 Å². The fourth-order valence-electron chi connectivity index (χ4n) is 1.76. The van der Waals surface area contributed by atoms with Gasteiger partial charge in [0.15, 0.2) is 0 Å². The molecule has 0 radical (unpaired) electrons. The Labute approximate surface area is 115 Å². The molecule has 0 amide bonds. The molecule has 5 heteroatoms. The zero-order valence-corrected chi connectivity index (χ0v) is 11.4. The van der Waals surface area contributed by atoms with E-state index in [-0.39, 0.29) is 5.56 Å². The summed E-state index contributed by atoms with van der Waals surface area (Å²) in [6.07, 6.45) is 0.861. The maximum Gasteiger partial charge on any atom is 0.337 e. The summed E-state index contributed by atoms with van der Waals surface area (Å²) in [5, 5.41) is 16.4. The van der Waals surface area contributed by atoms with Gasteiger partial charge in [0.2, 0.25) is 0 Å². The van der Waals surface area contributed by atoms with E-state index >= 15 is 0 Å². The van der Waals surface area contributed by atoms with Crippen molar-refractivity contribution < 1.29 is 14.6 Å². The van der Waals surface area contributed by atoms with Gasteiger partial charge in [-0.15, -0.1) is 0 Å². The second-order valence-electron chi connectivity index (χ2n) is 4.03. The lowest BCUT2D eigenvalue weighted by Gasteiger charge is -2.11. The van der Waals surface area contributed by atoms with Gasteiger partial charge in [-0.2, -0.15) is 11.3 Å². The van der Waals surface area contributed by atoms with Crippen LogP contribution in [0.1, 0.15) is 15.9 Å². The van der Waals surface area contributed by atoms with E-state index < -0.39 is 5.97 Å². The van der Waals surface area contributed by atoms with Crippen LogP contribution in [0.3, 0.4) is 0 Å². The van der Waals surface area contributed by atoms with Crippen molar-refractivity contribution in [1.82, 2.24) is 0 Å². The van der Waals surface area contributed by atoms with Crippen molar-refractivity contribution in [3.63, 3.8) is 0 Å². The summed E-state index contributed by atoms with van der Waals surface area (Å²) >= 11 is 1.66. The van der Waals surface area contributed by atoms with Crippen molar-refractivity contribution in [1.29, 1.82) is 0 Å². The Hall–Kier alpha value is -2.01. The average Bonchev–Trinajstić information content (AvgIpc) is 2.91. The van der Waals surface area contributed by atoms with Gasteiger partial charge >= 0.3 is 5.97 Å². The lowest BCUT2D eigenvalue weighted by Crippen LogP contribution is -2.09. The van der Waals surface area contributed by atoms with Crippen LogP contribution in [0.15, 0.2) is 35.0 Å². The summed E-state index contributed by atoms with van der Waals surface area (Å²) in [4.78, 5) is 11.1. The molecule has 0 saturated heterocycles. The maximum atomic E-state index is 11.1. The van der Waals surface area contributed by atoms with E-state index in [1.54, 1.807) is 36.6 Å². The SMILES string of the molecule is COc1ccc(C(=O)O)c(NCCc2ccsc2)c1. The Morgan fingerprint density at radius 1 is 1.42 bits per heavy atom.